The second-order valence-electron chi connectivity index (χ2n) is 5.87. The molecule has 1 aromatic carbocycles. The maximum Gasteiger partial charge on any atom is 0.0649 e. The van der Waals surface area contributed by atoms with Crippen molar-refractivity contribution in [2.45, 2.75) is 33.1 Å². The van der Waals surface area contributed by atoms with Crippen molar-refractivity contribution in [1.82, 2.24) is 4.98 Å². The van der Waals surface area contributed by atoms with E-state index in [1.807, 2.05) is 19.1 Å². The van der Waals surface area contributed by atoms with Crippen LogP contribution in [0.2, 0.25) is 0 Å². The van der Waals surface area contributed by atoms with Crippen LogP contribution in [0.4, 0.5) is 5.69 Å². The third-order valence-electron chi connectivity index (χ3n) is 3.20. The van der Waals surface area contributed by atoms with Gasteiger partial charge in [0.1, 0.15) is 0 Å². The molecule has 0 unspecified atom stereocenters. The summed E-state index contributed by atoms with van der Waals surface area (Å²) in [4.78, 5) is 4.00. The molecule has 20 heavy (non-hydrogen) atoms. The largest absolute Gasteiger partial charge is 0.278 e. The highest BCUT2D eigenvalue weighted by Gasteiger charge is 2.12. The van der Waals surface area contributed by atoms with Crippen LogP contribution >= 0.6 is 0 Å². The van der Waals surface area contributed by atoms with Crippen LogP contribution in [0.1, 0.15) is 38.8 Å². The zero-order chi connectivity index (χ0) is 14.6. The summed E-state index contributed by atoms with van der Waals surface area (Å²) in [6.07, 6.45) is 3.54. The molecular formula is C17H21N3. The zero-order valence-electron chi connectivity index (χ0n) is 12.5. The molecule has 0 spiro atoms. The lowest BCUT2D eigenvalue weighted by atomic mass is 9.87. The molecule has 0 bridgehead atoms. The van der Waals surface area contributed by atoms with Crippen molar-refractivity contribution < 1.29 is 0 Å². The van der Waals surface area contributed by atoms with Gasteiger partial charge in [0.2, 0.25) is 0 Å². The molecule has 3 nitrogen and oxygen atoms in total. The van der Waals surface area contributed by atoms with Gasteiger partial charge in [-0.15, -0.1) is 0 Å². The van der Waals surface area contributed by atoms with E-state index in [0.717, 1.165) is 17.0 Å². The molecule has 0 saturated carbocycles. The summed E-state index contributed by atoms with van der Waals surface area (Å²) in [6.45, 7) is 8.61. The van der Waals surface area contributed by atoms with E-state index in [9.17, 15) is 0 Å². The summed E-state index contributed by atoms with van der Waals surface area (Å²) in [5.74, 6) is 0. The van der Waals surface area contributed by atoms with Crippen molar-refractivity contribution in [3.63, 3.8) is 0 Å². The first-order valence-corrected chi connectivity index (χ1v) is 6.78. The smallest absolute Gasteiger partial charge is 0.0649 e. The van der Waals surface area contributed by atoms with Gasteiger partial charge in [0.05, 0.1) is 11.4 Å². The highest BCUT2D eigenvalue weighted by atomic mass is 15.3. The summed E-state index contributed by atoms with van der Waals surface area (Å²) < 4.78 is 0. The van der Waals surface area contributed by atoms with Crippen LogP contribution in [0.3, 0.4) is 0 Å². The normalized spacial score (nSPS) is 12.3. The molecule has 0 aliphatic carbocycles. The molecule has 1 aromatic heterocycles. The molecule has 1 N–H and O–H groups in total. The predicted molar refractivity (Wildman–Crippen MR) is 85.2 cm³/mol. The van der Waals surface area contributed by atoms with Crippen LogP contribution in [-0.4, -0.2) is 10.7 Å². The molecule has 3 heteroatoms. The lowest BCUT2D eigenvalue weighted by molar-refractivity contribution is 0.590. The van der Waals surface area contributed by atoms with E-state index in [1.54, 1.807) is 12.4 Å². The average molecular weight is 267 g/mol. The van der Waals surface area contributed by atoms with Crippen LogP contribution in [0.15, 0.2) is 53.9 Å². The van der Waals surface area contributed by atoms with Gasteiger partial charge in [0.15, 0.2) is 0 Å². The van der Waals surface area contributed by atoms with E-state index >= 15 is 0 Å². The molecule has 0 atom stereocenters. The first-order chi connectivity index (χ1) is 9.47. The summed E-state index contributed by atoms with van der Waals surface area (Å²) in [5, 5.41) is 4.40. The van der Waals surface area contributed by atoms with Crippen LogP contribution in [0.25, 0.3) is 0 Å². The summed E-state index contributed by atoms with van der Waals surface area (Å²) >= 11 is 0. The van der Waals surface area contributed by atoms with Gasteiger partial charge >= 0.3 is 0 Å². The maximum absolute atomic E-state index is 4.40. The van der Waals surface area contributed by atoms with Crippen molar-refractivity contribution in [3.05, 3.63) is 59.9 Å². The van der Waals surface area contributed by atoms with Crippen molar-refractivity contribution in [2.24, 2.45) is 5.10 Å². The monoisotopic (exact) mass is 267 g/mol. The third kappa shape index (κ3) is 3.67. The lowest BCUT2D eigenvalue weighted by Crippen LogP contribution is -2.10. The van der Waals surface area contributed by atoms with Gasteiger partial charge in [-0.05, 0) is 42.2 Å². The first-order valence-electron chi connectivity index (χ1n) is 6.78. The second-order valence-corrected chi connectivity index (χ2v) is 5.87. The molecule has 104 valence electrons. The van der Waals surface area contributed by atoms with Gasteiger partial charge in [-0.3, -0.25) is 10.4 Å². The van der Waals surface area contributed by atoms with Crippen LogP contribution in [0, 0.1) is 0 Å². The minimum atomic E-state index is 0.175. The Morgan fingerprint density at radius 3 is 2.15 bits per heavy atom. The first kappa shape index (κ1) is 14.3. The molecule has 0 radical (unpaired) electrons. The molecule has 1 heterocycles. The summed E-state index contributed by atoms with van der Waals surface area (Å²) in [7, 11) is 0. The minimum absolute atomic E-state index is 0.175. The Labute approximate surface area is 120 Å². The van der Waals surface area contributed by atoms with E-state index in [1.165, 1.54) is 5.56 Å². The number of hydrogen-bond acceptors (Lipinski definition) is 3. The van der Waals surface area contributed by atoms with Gasteiger partial charge in [0, 0.05) is 18.0 Å². The Balaban J connectivity index is 2.08. The SMILES string of the molecule is C/C(=N\Nc1ccc(C(C)(C)C)cc1)c1ccncc1. The lowest BCUT2D eigenvalue weighted by Gasteiger charge is -2.19. The van der Waals surface area contributed by atoms with Gasteiger partial charge in [0.25, 0.3) is 0 Å². The number of hydrogen-bond donors (Lipinski definition) is 1. The number of aromatic nitrogens is 1. The second kappa shape index (κ2) is 5.87. The number of nitrogens with one attached hydrogen (secondary N) is 1. The Morgan fingerprint density at radius 2 is 1.60 bits per heavy atom. The Hall–Kier alpha value is -2.16. The quantitative estimate of drug-likeness (QED) is 0.668. The molecule has 0 saturated heterocycles. The number of nitrogens with zero attached hydrogens (tertiary/aromatic N) is 2. The van der Waals surface area contributed by atoms with Crippen molar-refractivity contribution in [1.29, 1.82) is 0 Å². The number of benzene rings is 1. The molecule has 2 aromatic rings. The molecule has 0 aliphatic rings. The van der Waals surface area contributed by atoms with Gasteiger partial charge < -0.3 is 0 Å². The van der Waals surface area contributed by atoms with Crippen molar-refractivity contribution in [2.75, 3.05) is 5.43 Å². The molecule has 0 aliphatic heterocycles. The van der Waals surface area contributed by atoms with Crippen molar-refractivity contribution in [3.8, 4) is 0 Å². The van der Waals surface area contributed by atoms with Gasteiger partial charge in [-0.2, -0.15) is 5.10 Å². The van der Waals surface area contributed by atoms with E-state index in [2.05, 4.69) is 60.5 Å². The molecule has 0 amide bonds. The standard InChI is InChI=1S/C17H21N3/c1-13(14-9-11-18-12-10-14)19-20-16-7-5-15(6-8-16)17(2,3)4/h5-12,20H,1-4H3/b19-13+. The summed E-state index contributed by atoms with van der Waals surface area (Å²) in [5.41, 5.74) is 7.58. The zero-order valence-corrected chi connectivity index (χ0v) is 12.5. The topological polar surface area (TPSA) is 37.3 Å². The van der Waals surface area contributed by atoms with Crippen LogP contribution < -0.4 is 5.43 Å². The van der Waals surface area contributed by atoms with Gasteiger partial charge in [-0.25, -0.2) is 0 Å². The minimum Gasteiger partial charge on any atom is -0.278 e. The highest BCUT2D eigenvalue weighted by molar-refractivity contribution is 5.98. The van der Waals surface area contributed by atoms with Gasteiger partial charge in [-0.1, -0.05) is 32.9 Å². The predicted octanol–water partition coefficient (Wildman–Crippen LogP) is 4.22. The number of hydrazone groups is 1. The van der Waals surface area contributed by atoms with E-state index in [4.69, 9.17) is 0 Å². The molecule has 0 fully saturated rings. The van der Waals surface area contributed by atoms with Crippen LogP contribution in [-0.2, 0) is 5.41 Å². The van der Waals surface area contributed by atoms with E-state index in [-0.39, 0.29) is 5.41 Å². The summed E-state index contributed by atoms with van der Waals surface area (Å²) in [6, 6.07) is 12.3. The Kier molecular flexibility index (Phi) is 4.18. The number of anilines is 1. The van der Waals surface area contributed by atoms with E-state index in [0.29, 0.717) is 0 Å². The number of rotatable bonds is 3. The Morgan fingerprint density at radius 1 is 1.00 bits per heavy atom. The third-order valence-corrected chi connectivity index (χ3v) is 3.20. The number of pyridine rings is 1. The Bertz CT molecular complexity index is 578. The highest BCUT2D eigenvalue weighted by Crippen LogP contribution is 2.23. The van der Waals surface area contributed by atoms with E-state index < -0.39 is 0 Å². The molecule has 2 rings (SSSR count). The maximum atomic E-state index is 4.40. The molecular weight excluding hydrogens is 246 g/mol. The fourth-order valence-electron chi connectivity index (χ4n) is 1.85. The average Bonchev–Trinajstić information content (AvgIpc) is 2.45. The van der Waals surface area contributed by atoms with Crippen LogP contribution in [0.5, 0.6) is 0 Å². The fourth-order valence-corrected chi connectivity index (χ4v) is 1.85. The fraction of sp³-hybridized carbons (Fsp3) is 0.294. The van der Waals surface area contributed by atoms with Crippen molar-refractivity contribution >= 4 is 11.4 Å².